The summed E-state index contributed by atoms with van der Waals surface area (Å²) in [5, 5.41) is 0.682. The van der Waals surface area contributed by atoms with Gasteiger partial charge in [0.2, 0.25) is 0 Å². The van der Waals surface area contributed by atoms with Gasteiger partial charge in [-0.05, 0) is 0 Å². The van der Waals surface area contributed by atoms with Gasteiger partial charge in [0.15, 0.2) is 10.9 Å². The predicted octanol–water partition coefficient (Wildman–Crippen LogP) is 2.69. The second kappa shape index (κ2) is 5.84. The summed E-state index contributed by atoms with van der Waals surface area (Å²) in [6.45, 7) is 0. The van der Waals surface area contributed by atoms with Gasteiger partial charge >= 0.3 is 0 Å². The Morgan fingerprint density at radius 3 is 2.67 bits per heavy atom. The van der Waals surface area contributed by atoms with E-state index in [2.05, 4.69) is 9.97 Å². The molecular weight excluding hydrogens is 270 g/mol. The van der Waals surface area contributed by atoms with Gasteiger partial charge in [0.1, 0.15) is 11.0 Å². The second-order valence-electron chi connectivity index (χ2n) is 3.48. The van der Waals surface area contributed by atoms with Crippen molar-refractivity contribution in [3.05, 3.63) is 47.1 Å². The lowest BCUT2D eigenvalue weighted by molar-refractivity contribution is 0.102. The van der Waals surface area contributed by atoms with Crippen LogP contribution in [0.3, 0.4) is 0 Å². The highest BCUT2D eigenvalue weighted by Gasteiger charge is 2.08. The van der Waals surface area contributed by atoms with Crippen molar-refractivity contribution in [2.24, 2.45) is 0 Å². The summed E-state index contributed by atoms with van der Waals surface area (Å²) < 4.78 is 0. The quantitative estimate of drug-likeness (QED) is 0.403. The number of nitrogens with two attached hydrogens (primary N) is 1. The molecule has 6 heteroatoms. The number of carbonyl (C=O) groups excluding carboxylic acids is 1. The number of hydrogen-bond donors (Lipinski definition) is 1. The molecule has 0 radical (unpaired) electrons. The van der Waals surface area contributed by atoms with Gasteiger partial charge in [0.25, 0.3) is 0 Å². The van der Waals surface area contributed by atoms with Crippen LogP contribution in [0.1, 0.15) is 10.4 Å². The Bertz CT molecular complexity index is 542. The standard InChI is InChI=1S/C12H10ClN3OS/c13-10-6-11(14)16-12(15-10)18-7-9(17)8-4-2-1-3-5-8/h1-6H,7H2,(H2,14,15,16). The summed E-state index contributed by atoms with van der Waals surface area (Å²) in [5.41, 5.74) is 6.21. The van der Waals surface area contributed by atoms with Crippen LogP contribution in [0.15, 0.2) is 41.6 Å². The van der Waals surface area contributed by atoms with Crippen molar-refractivity contribution in [3.63, 3.8) is 0 Å². The molecule has 0 aliphatic rings. The zero-order valence-corrected chi connectivity index (χ0v) is 10.9. The molecule has 0 aliphatic heterocycles. The fourth-order valence-electron chi connectivity index (χ4n) is 1.32. The molecule has 2 rings (SSSR count). The Labute approximate surface area is 114 Å². The van der Waals surface area contributed by atoms with Crippen LogP contribution in [0.25, 0.3) is 0 Å². The van der Waals surface area contributed by atoms with Crippen molar-refractivity contribution in [1.82, 2.24) is 9.97 Å². The molecule has 18 heavy (non-hydrogen) atoms. The Balaban J connectivity index is 2.02. The SMILES string of the molecule is Nc1cc(Cl)nc(SCC(=O)c2ccccc2)n1. The van der Waals surface area contributed by atoms with Crippen LogP contribution in [-0.4, -0.2) is 21.5 Å². The molecule has 0 saturated heterocycles. The lowest BCUT2D eigenvalue weighted by Crippen LogP contribution is -2.03. The summed E-state index contributed by atoms with van der Waals surface area (Å²) in [6, 6.07) is 10.5. The van der Waals surface area contributed by atoms with Crippen molar-refractivity contribution in [2.75, 3.05) is 11.5 Å². The van der Waals surface area contributed by atoms with Gasteiger partial charge in [-0.3, -0.25) is 4.79 Å². The minimum Gasteiger partial charge on any atom is -0.384 e. The molecule has 4 nitrogen and oxygen atoms in total. The molecule has 0 unspecified atom stereocenters. The number of anilines is 1. The molecule has 0 fully saturated rings. The summed E-state index contributed by atoms with van der Waals surface area (Å²) in [7, 11) is 0. The lowest BCUT2D eigenvalue weighted by atomic mass is 10.2. The second-order valence-corrected chi connectivity index (χ2v) is 4.81. The van der Waals surface area contributed by atoms with Gasteiger partial charge in [-0.25, -0.2) is 9.97 Å². The van der Waals surface area contributed by atoms with Crippen LogP contribution in [0, 0.1) is 0 Å². The molecule has 92 valence electrons. The fraction of sp³-hybridized carbons (Fsp3) is 0.0833. The highest BCUT2D eigenvalue weighted by Crippen LogP contribution is 2.18. The molecule has 0 amide bonds. The van der Waals surface area contributed by atoms with Gasteiger partial charge in [-0.1, -0.05) is 53.7 Å². The van der Waals surface area contributed by atoms with Crippen LogP contribution in [-0.2, 0) is 0 Å². The minimum atomic E-state index is 0.0164. The smallest absolute Gasteiger partial charge is 0.191 e. The number of ketones is 1. The van der Waals surface area contributed by atoms with Crippen molar-refractivity contribution < 1.29 is 4.79 Å². The third kappa shape index (κ3) is 3.45. The van der Waals surface area contributed by atoms with E-state index < -0.39 is 0 Å². The van der Waals surface area contributed by atoms with E-state index in [1.807, 2.05) is 18.2 Å². The number of carbonyl (C=O) groups is 1. The van der Waals surface area contributed by atoms with E-state index in [4.69, 9.17) is 17.3 Å². The number of nitrogen functional groups attached to an aromatic ring is 1. The third-order valence-corrected chi connectivity index (χ3v) is 3.16. The minimum absolute atomic E-state index is 0.0164. The largest absolute Gasteiger partial charge is 0.384 e. The highest BCUT2D eigenvalue weighted by atomic mass is 35.5. The first-order valence-corrected chi connectivity index (χ1v) is 6.52. The average molecular weight is 280 g/mol. The molecule has 0 bridgehead atoms. The van der Waals surface area contributed by atoms with Gasteiger partial charge in [-0.15, -0.1) is 0 Å². The fourth-order valence-corrected chi connectivity index (χ4v) is 2.32. The van der Waals surface area contributed by atoms with E-state index in [9.17, 15) is 4.79 Å². The number of Topliss-reactive ketones (excluding diaryl/α,β-unsaturated/α-hetero) is 1. The molecule has 2 N–H and O–H groups in total. The van der Waals surface area contributed by atoms with E-state index in [0.717, 1.165) is 0 Å². The van der Waals surface area contributed by atoms with E-state index in [1.165, 1.54) is 17.8 Å². The number of nitrogens with zero attached hydrogens (tertiary/aromatic N) is 2. The van der Waals surface area contributed by atoms with E-state index in [0.29, 0.717) is 16.5 Å². The topological polar surface area (TPSA) is 68.9 Å². The highest BCUT2D eigenvalue weighted by molar-refractivity contribution is 7.99. The van der Waals surface area contributed by atoms with Crippen LogP contribution in [0.2, 0.25) is 5.15 Å². The monoisotopic (exact) mass is 279 g/mol. The summed E-state index contributed by atoms with van der Waals surface area (Å²) in [6.07, 6.45) is 0. The molecule has 2 aromatic rings. The Morgan fingerprint density at radius 2 is 2.00 bits per heavy atom. The van der Waals surface area contributed by atoms with Crippen LogP contribution >= 0.6 is 23.4 Å². The zero-order valence-electron chi connectivity index (χ0n) is 9.34. The number of thioether (sulfide) groups is 1. The summed E-state index contributed by atoms with van der Waals surface area (Å²) in [5.74, 6) is 0.566. The molecule has 0 aliphatic carbocycles. The number of rotatable bonds is 4. The van der Waals surface area contributed by atoms with E-state index in [-0.39, 0.29) is 16.7 Å². The van der Waals surface area contributed by atoms with Crippen molar-refractivity contribution in [1.29, 1.82) is 0 Å². The maximum atomic E-state index is 11.8. The normalized spacial score (nSPS) is 10.3. The molecular formula is C12H10ClN3OS. The van der Waals surface area contributed by atoms with Crippen molar-refractivity contribution in [3.8, 4) is 0 Å². The van der Waals surface area contributed by atoms with E-state index in [1.54, 1.807) is 12.1 Å². The van der Waals surface area contributed by atoms with Crippen molar-refractivity contribution in [2.45, 2.75) is 5.16 Å². The number of halogens is 1. The van der Waals surface area contributed by atoms with Crippen molar-refractivity contribution >= 4 is 35.0 Å². The van der Waals surface area contributed by atoms with Crippen LogP contribution in [0.4, 0.5) is 5.82 Å². The first kappa shape index (κ1) is 12.9. The summed E-state index contributed by atoms with van der Waals surface area (Å²) in [4.78, 5) is 19.8. The third-order valence-electron chi connectivity index (χ3n) is 2.12. The Morgan fingerprint density at radius 1 is 1.28 bits per heavy atom. The first-order valence-electron chi connectivity index (χ1n) is 5.16. The van der Waals surface area contributed by atoms with Crippen LogP contribution in [0.5, 0.6) is 0 Å². The zero-order chi connectivity index (χ0) is 13.0. The molecule has 1 heterocycles. The van der Waals surface area contributed by atoms with Gasteiger partial charge in [-0.2, -0.15) is 0 Å². The average Bonchev–Trinajstić information content (AvgIpc) is 2.36. The first-order chi connectivity index (χ1) is 8.65. The number of hydrogen-bond acceptors (Lipinski definition) is 5. The maximum absolute atomic E-state index is 11.8. The lowest BCUT2D eigenvalue weighted by Gasteiger charge is -2.02. The van der Waals surface area contributed by atoms with Gasteiger partial charge < -0.3 is 5.73 Å². The molecule has 0 atom stereocenters. The molecule has 0 spiro atoms. The molecule has 0 saturated carbocycles. The number of benzene rings is 1. The Hall–Kier alpha value is -1.59. The number of aromatic nitrogens is 2. The summed E-state index contributed by atoms with van der Waals surface area (Å²) >= 11 is 6.97. The predicted molar refractivity (Wildman–Crippen MR) is 73.0 cm³/mol. The Kier molecular flexibility index (Phi) is 4.17. The van der Waals surface area contributed by atoms with Gasteiger partial charge in [0.05, 0.1) is 5.75 Å². The molecule has 1 aromatic heterocycles. The van der Waals surface area contributed by atoms with E-state index >= 15 is 0 Å². The van der Waals surface area contributed by atoms with Crippen LogP contribution < -0.4 is 5.73 Å². The molecule has 1 aromatic carbocycles. The maximum Gasteiger partial charge on any atom is 0.191 e. The van der Waals surface area contributed by atoms with Gasteiger partial charge in [0, 0.05) is 11.6 Å².